The van der Waals surface area contributed by atoms with Crippen LogP contribution in [0.3, 0.4) is 0 Å². The molecule has 1 aromatic heterocycles. The van der Waals surface area contributed by atoms with E-state index in [1.807, 2.05) is 4.90 Å². The van der Waals surface area contributed by atoms with Gasteiger partial charge in [-0.15, -0.1) is 0 Å². The summed E-state index contributed by atoms with van der Waals surface area (Å²) in [6.07, 6.45) is 1.54. The van der Waals surface area contributed by atoms with Gasteiger partial charge in [0, 0.05) is 19.3 Å². The van der Waals surface area contributed by atoms with Crippen LogP contribution in [0.2, 0.25) is 5.15 Å². The summed E-state index contributed by atoms with van der Waals surface area (Å²) < 4.78 is 0. The van der Waals surface area contributed by atoms with Gasteiger partial charge in [-0.25, -0.2) is 4.98 Å². The van der Waals surface area contributed by atoms with Crippen molar-refractivity contribution in [2.75, 3.05) is 13.1 Å². The molecule has 1 aromatic rings. The van der Waals surface area contributed by atoms with E-state index in [1.165, 1.54) is 0 Å². The number of halogens is 1. The molecule has 1 aliphatic heterocycles. The van der Waals surface area contributed by atoms with Crippen LogP contribution in [0.15, 0.2) is 18.3 Å². The van der Waals surface area contributed by atoms with Crippen molar-refractivity contribution < 1.29 is 4.79 Å². The summed E-state index contributed by atoms with van der Waals surface area (Å²) in [6.45, 7) is 6.03. The maximum atomic E-state index is 12.1. The summed E-state index contributed by atoms with van der Waals surface area (Å²) >= 11 is 5.69. The molecule has 1 aliphatic rings. The maximum absolute atomic E-state index is 12.1. The van der Waals surface area contributed by atoms with Gasteiger partial charge in [0.05, 0.1) is 5.56 Å². The summed E-state index contributed by atoms with van der Waals surface area (Å²) in [6, 6.07) is 3.38. The van der Waals surface area contributed by atoms with Crippen LogP contribution in [0, 0.1) is 11.8 Å². The predicted molar refractivity (Wildman–Crippen MR) is 63.5 cm³/mol. The monoisotopic (exact) mass is 238 g/mol. The van der Waals surface area contributed by atoms with Crippen LogP contribution in [0.25, 0.3) is 0 Å². The molecule has 2 rings (SSSR count). The van der Waals surface area contributed by atoms with Crippen LogP contribution in [0.5, 0.6) is 0 Å². The molecule has 2 heterocycles. The van der Waals surface area contributed by atoms with E-state index in [-0.39, 0.29) is 5.91 Å². The van der Waals surface area contributed by atoms with Gasteiger partial charge in [0.25, 0.3) is 5.91 Å². The molecule has 0 saturated carbocycles. The smallest absolute Gasteiger partial charge is 0.255 e. The molecule has 2 unspecified atom stereocenters. The van der Waals surface area contributed by atoms with E-state index in [4.69, 9.17) is 11.6 Å². The zero-order valence-corrected chi connectivity index (χ0v) is 10.2. The Morgan fingerprint density at radius 3 is 2.50 bits per heavy atom. The van der Waals surface area contributed by atoms with E-state index < -0.39 is 0 Å². The third kappa shape index (κ3) is 2.19. The third-order valence-electron chi connectivity index (χ3n) is 3.25. The quantitative estimate of drug-likeness (QED) is 0.705. The van der Waals surface area contributed by atoms with Crippen molar-refractivity contribution in [2.24, 2.45) is 11.8 Å². The van der Waals surface area contributed by atoms with Gasteiger partial charge < -0.3 is 4.90 Å². The lowest BCUT2D eigenvalue weighted by Gasteiger charge is -2.15. The average Bonchev–Trinajstić information content (AvgIpc) is 2.59. The highest BCUT2D eigenvalue weighted by Crippen LogP contribution is 2.23. The number of pyridine rings is 1. The lowest BCUT2D eigenvalue weighted by Crippen LogP contribution is -2.28. The van der Waals surface area contributed by atoms with Crippen LogP contribution in [0.4, 0.5) is 0 Å². The second-order valence-electron chi connectivity index (χ2n) is 4.53. The Bertz CT molecular complexity index is 381. The number of amides is 1. The minimum Gasteiger partial charge on any atom is -0.338 e. The summed E-state index contributed by atoms with van der Waals surface area (Å²) in [5, 5.41) is 0.416. The van der Waals surface area contributed by atoms with Crippen LogP contribution in [0.1, 0.15) is 24.2 Å². The minimum atomic E-state index is 0.0559. The lowest BCUT2D eigenvalue weighted by atomic mass is 10.0. The second-order valence-corrected chi connectivity index (χ2v) is 4.92. The highest BCUT2D eigenvalue weighted by atomic mass is 35.5. The Hall–Kier alpha value is -1.09. The van der Waals surface area contributed by atoms with Crippen molar-refractivity contribution in [3.05, 3.63) is 29.0 Å². The van der Waals surface area contributed by atoms with Gasteiger partial charge in [-0.2, -0.15) is 0 Å². The van der Waals surface area contributed by atoms with Crippen LogP contribution in [-0.2, 0) is 0 Å². The first-order valence-corrected chi connectivity index (χ1v) is 5.86. The summed E-state index contributed by atoms with van der Waals surface area (Å²) in [5.41, 5.74) is 0.616. The van der Waals surface area contributed by atoms with Gasteiger partial charge in [0.15, 0.2) is 0 Å². The van der Waals surface area contributed by atoms with E-state index in [0.717, 1.165) is 13.1 Å². The Morgan fingerprint density at radius 1 is 1.38 bits per heavy atom. The zero-order valence-electron chi connectivity index (χ0n) is 9.48. The van der Waals surface area contributed by atoms with Gasteiger partial charge >= 0.3 is 0 Å². The predicted octanol–water partition coefficient (Wildman–Crippen LogP) is 2.46. The molecule has 86 valence electrons. The number of aromatic nitrogens is 1. The molecule has 1 amide bonds. The van der Waals surface area contributed by atoms with E-state index in [9.17, 15) is 4.79 Å². The Labute approximate surface area is 100 Å². The summed E-state index contributed by atoms with van der Waals surface area (Å²) in [7, 11) is 0. The number of nitrogens with zero attached hydrogens (tertiary/aromatic N) is 2. The molecular formula is C12H15ClN2O. The first kappa shape index (κ1) is 11.4. The first-order chi connectivity index (χ1) is 7.58. The normalized spacial score (nSPS) is 24.8. The van der Waals surface area contributed by atoms with Crippen molar-refractivity contribution in [3.63, 3.8) is 0 Å². The molecule has 4 heteroatoms. The van der Waals surface area contributed by atoms with Gasteiger partial charge in [-0.1, -0.05) is 25.4 Å². The lowest BCUT2D eigenvalue weighted by molar-refractivity contribution is 0.0784. The number of hydrogen-bond acceptors (Lipinski definition) is 2. The fourth-order valence-electron chi connectivity index (χ4n) is 1.98. The molecule has 3 nitrogen and oxygen atoms in total. The standard InChI is InChI=1S/C12H15ClN2O/c1-8-6-15(7-9(8)2)12(16)10-3-4-11(13)14-5-10/h3-5,8-9H,6-7H2,1-2H3. The summed E-state index contributed by atoms with van der Waals surface area (Å²) in [5.74, 6) is 1.20. The molecule has 0 bridgehead atoms. The zero-order chi connectivity index (χ0) is 11.7. The number of hydrogen-bond donors (Lipinski definition) is 0. The number of carbonyl (C=O) groups is 1. The first-order valence-electron chi connectivity index (χ1n) is 5.48. The second kappa shape index (κ2) is 4.42. The number of likely N-dealkylation sites (tertiary alicyclic amines) is 1. The Kier molecular flexibility index (Phi) is 3.15. The van der Waals surface area contributed by atoms with Crippen molar-refractivity contribution >= 4 is 17.5 Å². The fraction of sp³-hybridized carbons (Fsp3) is 0.500. The van der Waals surface area contributed by atoms with E-state index in [0.29, 0.717) is 22.6 Å². The fourth-order valence-corrected chi connectivity index (χ4v) is 2.09. The van der Waals surface area contributed by atoms with Crippen molar-refractivity contribution in [1.29, 1.82) is 0 Å². The maximum Gasteiger partial charge on any atom is 0.255 e. The largest absolute Gasteiger partial charge is 0.338 e. The molecular weight excluding hydrogens is 224 g/mol. The van der Waals surface area contributed by atoms with E-state index in [2.05, 4.69) is 18.8 Å². The topological polar surface area (TPSA) is 33.2 Å². The molecule has 0 N–H and O–H groups in total. The van der Waals surface area contributed by atoms with Gasteiger partial charge in [-0.05, 0) is 24.0 Å². The molecule has 1 fully saturated rings. The van der Waals surface area contributed by atoms with E-state index >= 15 is 0 Å². The number of rotatable bonds is 1. The summed E-state index contributed by atoms with van der Waals surface area (Å²) in [4.78, 5) is 17.9. The molecule has 0 radical (unpaired) electrons. The SMILES string of the molecule is CC1CN(C(=O)c2ccc(Cl)nc2)CC1C. The van der Waals surface area contributed by atoms with Crippen molar-refractivity contribution in [3.8, 4) is 0 Å². The minimum absolute atomic E-state index is 0.0559. The molecule has 2 atom stereocenters. The van der Waals surface area contributed by atoms with Crippen molar-refractivity contribution in [2.45, 2.75) is 13.8 Å². The molecule has 0 aliphatic carbocycles. The highest BCUT2D eigenvalue weighted by molar-refractivity contribution is 6.29. The van der Waals surface area contributed by atoms with Gasteiger partial charge in [0.2, 0.25) is 0 Å². The third-order valence-corrected chi connectivity index (χ3v) is 3.47. The van der Waals surface area contributed by atoms with E-state index in [1.54, 1.807) is 18.3 Å². The Morgan fingerprint density at radius 2 is 2.00 bits per heavy atom. The molecule has 16 heavy (non-hydrogen) atoms. The van der Waals surface area contributed by atoms with Crippen LogP contribution >= 0.6 is 11.6 Å². The van der Waals surface area contributed by atoms with Gasteiger partial charge in [-0.3, -0.25) is 4.79 Å². The van der Waals surface area contributed by atoms with Gasteiger partial charge in [0.1, 0.15) is 5.15 Å². The number of carbonyl (C=O) groups excluding carboxylic acids is 1. The molecule has 0 spiro atoms. The van der Waals surface area contributed by atoms with Crippen LogP contribution < -0.4 is 0 Å². The highest BCUT2D eigenvalue weighted by Gasteiger charge is 2.29. The van der Waals surface area contributed by atoms with Crippen LogP contribution in [-0.4, -0.2) is 28.9 Å². The molecule has 1 saturated heterocycles. The molecule has 0 aromatic carbocycles. The average molecular weight is 239 g/mol. The Balaban J connectivity index is 2.11. The van der Waals surface area contributed by atoms with Crippen molar-refractivity contribution in [1.82, 2.24) is 9.88 Å².